The summed E-state index contributed by atoms with van der Waals surface area (Å²) in [5, 5.41) is 0.400. The van der Waals surface area contributed by atoms with Gasteiger partial charge < -0.3 is 4.74 Å². The van der Waals surface area contributed by atoms with Gasteiger partial charge in [0, 0.05) is 12.7 Å². The molecule has 0 atom stereocenters. The third-order valence-electron chi connectivity index (χ3n) is 2.78. The highest BCUT2D eigenvalue weighted by Gasteiger charge is 2.13. The van der Waals surface area contributed by atoms with E-state index in [0.717, 1.165) is 16.8 Å². The molecular weight excluding hydrogens is 328 g/mol. The lowest BCUT2D eigenvalue weighted by Gasteiger charge is -2.10. The molecule has 0 aliphatic carbocycles. The molecule has 3 nitrogen and oxygen atoms in total. The molecule has 2 aromatic rings. The van der Waals surface area contributed by atoms with Gasteiger partial charge in [-0.2, -0.15) is 0 Å². The lowest BCUT2D eigenvalue weighted by atomic mass is 10.1. The molecule has 2 rings (SSSR count). The van der Waals surface area contributed by atoms with Crippen molar-refractivity contribution in [3.8, 4) is 11.4 Å². The second-order valence-electron chi connectivity index (χ2n) is 4.35. The Morgan fingerprint density at radius 2 is 2.00 bits per heavy atom. The maximum Gasteiger partial charge on any atom is 0.161 e. The van der Waals surface area contributed by atoms with Crippen LogP contribution in [0.4, 0.5) is 0 Å². The first-order chi connectivity index (χ1) is 9.02. The summed E-state index contributed by atoms with van der Waals surface area (Å²) in [6.07, 6.45) is 0. The van der Waals surface area contributed by atoms with Crippen LogP contribution in [0.1, 0.15) is 16.8 Å². The Balaban J connectivity index is 2.56. The van der Waals surface area contributed by atoms with Crippen molar-refractivity contribution >= 4 is 27.5 Å². The zero-order chi connectivity index (χ0) is 14.0. The van der Waals surface area contributed by atoms with Crippen LogP contribution in [0.15, 0.2) is 22.7 Å². The largest absolute Gasteiger partial charge is 0.378 e. The highest BCUT2D eigenvalue weighted by Crippen LogP contribution is 2.29. The molecule has 0 spiro atoms. The predicted octanol–water partition coefficient (Wildman–Crippen LogP) is 4.32. The van der Waals surface area contributed by atoms with E-state index in [1.54, 1.807) is 7.11 Å². The Morgan fingerprint density at radius 3 is 2.63 bits per heavy atom. The fraction of sp³-hybridized carbons (Fsp3) is 0.286. The molecule has 0 saturated carbocycles. The van der Waals surface area contributed by atoms with Crippen molar-refractivity contribution in [1.82, 2.24) is 9.97 Å². The molecule has 0 aliphatic rings. The van der Waals surface area contributed by atoms with Crippen molar-refractivity contribution in [1.29, 1.82) is 0 Å². The summed E-state index contributed by atoms with van der Waals surface area (Å²) in [6.45, 7) is 4.49. The quantitative estimate of drug-likeness (QED) is 0.780. The lowest BCUT2D eigenvalue weighted by Crippen LogP contribution is -2.01. The van der Waals surface area contributed by atoms with Crippen LogP contribution >= 0.6 is 27.5 Å². The Morgan fingerprint density at radius 1 is 1.26 bits per heavy atom. The summed E-state index contributed by atoms with van der Waals surface area (Å²) in [5.41, 5.74) is 4.07. The number of halogens is 2. The summed E-state index contributed by atoms with van der Waals surface area (Å²) in [7, 11) is 1.62. The van der Waals surface area contributed by atoms with Gasteiger partial charge in [0.25, 0.3) is 0 Å². The van der Waals surface area contributed by atoms with Gasteiger partial charge in [-0.25, -0.2) is 9.97 Å². The number of aryl methyl sites for hydroxylation is 2. The van der Waals surface area contributed by atoms with E-state index in [2.05, 4.69) is 38.9 Å². The number of methoxy groups -OCH3 is 1. The monoisotopic (exact) mass is 340 g/mol. The molecule has 0 N–H and O–H groups in total. The molecule has 0 radical (unpaired) electrons. The first-order valence-electron chi connectivity index (χ1n) is 5.81. The van der Waals surface area contributed by atoms with Gasteiger partial charge in [-0.3, -0.25) is 0 Å². The topological polar surface area (TPSA) is 35.0 Å². The average molecular weight is 342 g/mol. The molecule has 1 heterocycles. The summed E-state index contributed by atoms with van der Waals surface area (Å²) < 4.78 is 5.81. The van der Waals surface area contributed by atoms with Gasteiger partial charge in [0.1, 0.15) is 5.15 Å². The van der Waals surface area contributed by atoms with E-state index >= 15 is 0 Å². The number of hydrogen-bond donors (Lipinski definition) is 0. The van der Waals surface area contributed by atoms with Crippen molar-refractivity contribution in [2.24, 2.45) is 0 Å². The van der Waals surface area contributed by atoms with Gasteiger partial charge in [-0.15, -0.1) is 0 Å². The number of benzene rings is 1. The number of nitrogens with zero attached hydrogens (tertiary/aromatic N) is 2. The Labute approximate surface area is 126 Å². The molecule has 0 bridgehead atoms. The zero-order valence-corrected chi connectivity index (χ0v) is 13.3. The lowest BCUT2D eigenvalue weighted by molar-refractivity contribution is 0.181. The molecule has 19 heavy (non-hydrogen) atoms. The minimum Gasteiger partial charge on any atom is -0.378 e. The van der Waals surface area contributed by atoms with Crippen LogP contribution in [-0.4, -0.2) is 17.1 Å². The van der Waals surface area contributed by atoms with E-state index in [-0.39, 0.29) is 0 Å². The van der Waals surface area contributed by atoms with Crippen molar-refractivity contribution in [2.75, 3.05) is 7.11 Å². The Bertz CT molecular complexity index is 617. The number of ether oxygens (including phenoxy) is 1. The smallest absolute Gasteiger partial charge is 0.161 e. The highest BCUT2D eigenvalue weighted by atomic mass is 79.9. The molecule has 0 fully saturated rings. The minimum absolute atomic E-state index is 0.390. The van der Waals surface area contributed by atoms with Crippen molar-refractivity contribution in [3.63, 3.8) is 0 Å². The number of hydrogen-bond acceptors (Lipinski definition) is 3. The summed E-state index contributed by atoms with van der Waals surface area (Å²) in [6, 6.07) is 6.16. The average Bonchev–Trinajstić information content (AvgIpc) is 2.35. The highest BCUT2D eigenvalue weighted by molar-refractivity contribution is 9.10. The van der Waals surface area contributed by atoms with Crippen LogP contribution in [0.2, 0.25) is 5.15 Å². The number of aromatic nitrogens is 2. The van der Waals surface area contributed by atoms with E-state index < -0.39 is 0 Å². The van der Waals surface area contributed by atoms with E-state index in [4.69, 9.17) is 16.3 Å². The third-order valence-corrected chi connectivity index (χ3v) is 4.12. The van der Waals surface area contributed by atoms with Gasteiger partial charge in [-0.1, -0.05) is 35.4 Å². The van der Waals surface area contributed by atoms with Crippen molar-refractivity contribution in [3.05, 3.63) is 44.6 Å². The van der Waals surface area contributed by atoms with Crippen LogP contribution in [0.5, 0.6) is 0 Å². The van der Waals surface area contributed by atoms with Gasteiger partial charge in [-0.05, 0) is 35.3 Å². The van der Waals surface area contributed by atoms with Crippen LogP contribution in [0.25, 0.3) is 11.4 Å². The third kappa shape index (κ3) is 3.14. The fourth-order valence-corrected chi connectivity index (χ4v) is 2.36. The van der Waals surface area contributed by atoms with Gasteiger partial charge >= 0.3 is 0 Å². The molecule has 0 saturated heterocycles. The predicted molar refractivity (Wildman–Crippen MR) is 80.4 cm³/mol. The first kappa shape index (κ1) is 14.4. The Kier molecular flexibility index (Phi) is 4.55. The standard InChI is InChI=1S/C14H14BrClN2O/c1-8-4-5-10(9(2)6-8)14-17-11(7-19-3)12(15)13(16)18-14/h4-6H,7H2,1-3H3. The molecule has 5 heteroatoms. The molecule has 1 aromatic carbocycles. The molecule has 0 amide bonds. The molecule has 100 valence electrons. The minimum atomic E-state index is 0.390. The SMILES string of the molecule is COCc1nc(-c2ccc(C)cc2C)nc(Cl)c1Br. The molecule has 0 unspecified atom stereocenters. The van der Waals surface area contributed by atoms with Crippen LogP contribution in [-0.2, 0) is 11.3 Å². The summed E-state index contributed by atoms with van der Waals surface area (Å²) >= 11 is 9.52. The van der Waals surface area contributed by atoms with E-state index in [1.807, 2.05) is 19.1 Å². The van der Waals surface area contributed by atoms with E-state index in [9.17, 15) is 0 Å². The maximum absolute atomic E-state index is 6.13. The Hall–Kier alpha value is -0.970. The zero-order valence-electron chi connectivity index (χ0n) is 11.0. The second kappa shape index (κ2) is 5.99. The number of rotatable bonds is 3. The van der Waals surface area contributed by atoms with E-state index in [0.29, 0.717) is 22.1 Å². The normalized spacial score (nSPS) is 10.8. The summed E-state index contributed by atoms with van der Waals surface area (Å²) in [5.74, 6) is 0.623. The maximum atomic E-state index is 6.13. The fourth-order valence-electron chi connectivity index (χ4n) is 1.88. The van der Waals surface area contributed by atoms with Gasteiger partial charge in [0.2, 0.25) is 0 Å². The van der Waals surface area contributed by atoms with Crippen molar-refractivity contribution < 1.29 is 4.74 Å². The van der Waals surface area contributed by atoms with Crippen LogP contribution in [0.3, 0.4) is 0 Å². The van der Waals surface area contributed by atoms with Crippen LogP contribution < -0.4 is 0 Å². The van der Waals surface area contributed by atoms with Gasteiger partial charge in [0.05, 0.1) is 16.8 Å². The first-order valence-corrected chi connectivity index (χ1v) is 6.98. The molecule has 0 aliphatic heterocycles. The van der Waals surface area contributed by atoms with E-state index in [1.165, 1.54) is 5.56 Å². The molecular formula is C14H14BrClN2O. The van der Waals surface area contributed by atoms with Gasteiger partial charge in [0.15, 0.2) is 5.82 Å². The second-order valence-corrected chi connectivity index (χ2v) is 5.50. The van der Waals surface area contributed by atoms with Crippen molar-refractivity contribution in [2.45, 2.75) is 20.5 Å². The summed E-state index contributed by atoms with van der Waals surface area (Å²) in [4.78, 5) is 8.84. The van der Waals surface area contributed by atoms with Crippen LogP contribution in [0, 0.1) is 13.8 Å². The molecule has 1 aromatic heterocycles.